The summed E-state index contributed by atoms with van der Waals surface area (Å²) in [7, 11) is 2.15. The Morgan fingerprint density at radius 1 is 1.20 bits per heavy atom. The van der Waals surface area contributed by atoms with Gasteiger partial charge in [-0.05, 0) is 41.2 Å². The first-order valence-corrected chi connectivity index (χ1v) is 5.96. The molecule has 3 nitrogen and oxygen atoms in total. The summed E-state index contributed by atoms with van der Waals surface area (Å²) < 4.78 is 11.5. The normalized spacial score (nSPS) is 28.2. The highest BCUT2D eigenvalue weighted by atomic mass is 16.5. The summed E-state index contributed by atoms with van der Waals surface area (Å²) >= 11 is 0. The zero-order chi connectivity index (χ0) is 11.4. The van der Waals surface area contributed by atoms with Crippen molar-refractivity contribution in [2.45, 2.75) is 58.5 Å². The van der Waals surface area contributed by atoms with E-state index in [-0.39, 0.29) is 0 Å². The van der Waals surface area contributed by atoms with Gasteiger partial charge in [-0.2, -0.15) is 0 Å². The van der Waals surface area contributed by atoms with Crippen molar-refractivity contribution in [2.75, 3.05) is 20.2 Å². The summed E-state index contributed by atoms with van der Waals surface area (Å²) in [5, 5.41) is 0. The molecular formula is C12H25NO2. The van der Waals surface area contributed by atoms with Crippen LogP contribution in [0.4, 0.5) is 0 Å². The van der Waals surface area contributed by atoms with E-state index in [2.05, 4.69) is 39.6 Å². The fourth-order valence-electron chi connectivity index (χ4n) is 2.01. The number of nitrogens with zero attached hydrogens (tertiary/aromatic N) is 1. The van der Waals surface area contributed by atoms with Crippen LogP contribution in [0.2, 0.25) is 0 Å². The summed E-state index contributed by atoms with van der Waals surface area (Å²) in [6.07, 6.45) is 2.13. The van der Waals surface area contributed by atoms with E-state index in [1.165, 1.54) is 0 Å². The van der Waals surface area contributed by atoms with Crippen LogP contribution in [0.25, 0.3) is 0 Å². The van der Waals surface area contributed by atoms with Crippen LogP contribution in [0.5, 0.6) is 0 Å². The fourth-order valence-corrected chi connectivity index (χ4v) is 2.01. The molecule has 1 heterocycles. The highest BCUT2D eigenvalue weighted by molar-refractivity contribution is 4.84. The Kier molecular flexibility index (Phi) is 5.03. The van der Waals surface area contributed by atoms with E-state index in [0.29, 0.717) is 24.4 Å². The lowest BCUT2D eigenvalue weighted by Gasteiger charge is -2.19. The minimum Gasteiger partial charge on any atom is -0.377 e. The topological polar surface area (TPSA) is 21.7 Å². The third-order valence-corrected chi connectivity index (χ3v) is 2.74. The second kappa shape index (κ2) is 5.83. The SMILES string of the molecule is CC(C)OC[C@@H]1C[C@@H](OC(C)C)CN1C. The van der Waals surface area contributed by atoms with Crippen LogP contribution in [-0.2, 0) is 9.47 Å². The monoisotopic (exact) mass is 215 g/mol. The molecule has 0 spiro atoms. The summed E-state index contributed by atoms with van der Waals surface area (Å²) in [6.45, 7) is 10.2. The van der Waals surface area contributed by atoms with Gasteiger partial charge < -0.3 is 9.47 Å². The van der Waals surface area contributed by atoms with Crippen LogP contribution in [0.15, 0.2) is 0 Å². The number of likely N-dealkylation sites (N-methyl/N-ethyl adjacent to an activating group) is 1. The van der Waals surface area contributed by atoms with Crippen molar-refractivity contribution in [2.24, 2.45) is 0 Å². The lowest BCUT2D eigenvalue weighted by molar-refractivity contribution is 0.0133. The van der Waals surface area contributed by atoms with Crippen LogP contribution >= 0.6 is 0 Å². The first kappa shape index (κ1) is 12.9. The Labute approximate surface area is 93.7 Å². The molecule has 0 amide bonds. The zero-order valence-electron chi connectivity index (χ0n) is 10.7. The predicted molar refractivity (Wildman–Crippen MR) is 62.1 cm³/mol. The van der Waals surface area contributed by atoms with Crippen LogP contribution in [0, 0.1) is 0 Å². The van der Waals surface area contributed by atoms with Gasteiger partial charge in [-0.15, -0.1) is 0 Å². The molecule has 1 fully saturated rings. The highest BCUT2D eigenvalue weighted by Crippen LogP contribution is 2.20. The van der Waals surface area contributed by atoms with E-state index in [9.17, 15) is 0 Å². The Hall–Kier alpha value is -0.120. The van der Waals surface area contributed by atoms with Crippen molar-refractivity contribution in [1.82, 2.24) is 4.90 Å². The van der Waals surface area contributed by atoms with Crippen LogP contribution in [0.3, 0.4) is 0 Å². The number of ether oxygens (including phenoxy) is 2. The van der Waals surface area contributed by atoms with Gasteiger partial charge in [-0.1, -0.05) is 0 Å². The lowest BCUT2D eigenvalue weighted by Crippen LogP contribution is -2.30. The fraction of sp³-hybridized carbons (Fsp3) is 1.00. The quantitative estimate of drug-likeness (QED) is 0.699. The van der Waals surface area contributed by atoms with Gasteiger partial charge >= 0.3 is 0 Å². The third-order valence-electron chi connectivity index (χ3n) is 2.74. The third kappa shape index (κ3) is 4.49. The molecule has 15 heavy (non-hydrogen) atoms. The molecule has 0 aromatic heterocycles. The van der Waals surface area contributed by atoms with Gasteiger partial charge in [-0.3, -0.25) is 4.90 Å². The number of likely N-dealkylation sites (tertiary alicyclic amines) is 1. The first-order valence-electron chi connectivity index (χ1n) is 5.96. The maximum absolute atomic E-state index is 5.82. The molecule has 1 aliphatic rings. The maximum Gasteiger partial charge on any atom is 0.0721 e. The molecule has 0 radical (unpaired) electrons. The molecule has 3 heteroatoms. The summed E-state index contributed by atoms with van der Waals surface area (Å²) in [5.74, 6) is 0. The summed E-state index contributed by atoms with van der Waals surface area (Å²) in [6, 6.07) is 0.524. The van der Waals surface area contributed by atoms with Crippen molar-refractivity contribution >= 4 is 0 Å². The molecule has 1 rings (SSSR count). The van der Waals surface area contributed by atoms with Gasteiger partial charge in [0.05, 0.1) is 24.9 Å². The standard InChI is InChI=1S/C12H25NO2/c1-9(2)14-8-11-6-12(7-13(11)5)15-10(3)4/h9-12H,6-8H2,1-5H3/t11-,12+/m0/s1. The minimum atomic E-state index is 0.323. The Bertz CT molecular complexity index is 182. The van der Waals surface area contributed by atoms with E-state index in [0.717, 1.165) is 19.6 Å². The van der Waals surface area contributed by atoms with Gasteiger partial charge in [-0.25, -0.2) is 0 Å². The molecule has 0 saturated carbocycles. The van der Waals surface area contributed by atoms with Gasteiger partial charge in [0.1, 0.15) is 0 Å². The molecule has 0 aromatic carbocycles. The molecular weight excluding hydrogens is 190 g/mol. The second-order valence-corrected chi connectivity index (χ2v) is 5.02. The lowest BCUT2D eigenvalue weighted by atomic mass is 10.2. The Morgan fingerprint density at radius 3 is 2.40 bits per heavy atom. The molecule has 2 atom stereocenters. The maximum atomic E-state index is 5.82. The Balaban J connectivity index is 2.29. The molecule has 1 aliphatic heterocycles. The van der Waals surface area contributed by atoms with Crippen molar-refractivity contribution < 1.29 is 9.47 Å². The molecule has 0 unspecified atom stereocenters. The highest BCUT2D eigenvalue weighted by Gasteiger charge is 2.30. The molecule has 0 N–H and O–H groups in total. The van der Waals surface area contributed by atoms with E-state index >= 15 is 0 Å². The van der Waals surface area contributed by atoms with Crippen molar-refractivity contribution in [3.63, 3.8) is 0 Å². The van der Waals surface area contributed by atoms with E-state index in [1.54, 1.807) is 0 Å². The Morgan fingerprint density at radius 2 is 1.87 bits per heavy atom. The average Bonchev–Trinajstić information content (AvgIpc) is 2.41. The van der Waals surface area contributed by atoms with Crippen molar-refractivity contribution in [3.05, 3.63) is 0 Å². The van der Waals surface area contributed by atoms with Gasteiger partial charge in [0.15, 0.2) is 0 Å². The molecule has 0 aromatic rings. The van der Waals surface area contributed by atoms with E-state index in [1.807, 2.05) is 0 Å². The molecule has 0 aliphatic carbocycles. The van der Waals surface area contributed by atoms with Gasteiger partial charge in [0.2, 0.25) is 0 Å². The number of hydrogen-bond donors (Lipinski definition) is 0. The van der Waals surface area contributed by atoms with Crippen LogP contribution in [0.1, 0.15) is 34.1 Å². The summed E-state index contributed by atoms with van der Waals surface area (Å²) in [4.78, 5) is 2.34. The van der Waals surface area contributed by atoms with Crippen molar-refractivity contribution in [1.29, 1.82) is 0 Å². The zero-order valence-corrected chi connectivity index (χ0v) is 10.7. The van der Waals surface area contributed by atoms with Crippen molar-refractivity contribution in [3.8, 4) is 0 Å². The number of rotatable bonds is 5. The molecule has 1 saturated heterocycles. The minimum absolute atomic E-state index is 0.323. The largest absolute Gasteiger partial charge is 0.377 e. The smallest absolute Gasteiger partial charge is 0.0721 e. The van der Waals surface area contributed by atoms with E-state index in [4.69, 9.17) is 9.47 Å². The predicted octanol–water partition coefficient (Wildman–Crippen LogP) is 1.91. The van der Waals surface area contributed by atoms with Crippen LogP contribution < -0.4 is 0 Å². The van der Waals surface area contributed by atoms with Gasteiger partial charge in [0, 0.05) is 12.6 Å². The molecule has 0 bridgehead atoms. The summed E-state index contributed by atoms with van der Waals surface area (Å²) in [5.41, 5.74) is 0. The van der Waals surface area contributed by atoms with Crippen LogP contribution in [-0.4, -0.2) is 49.5 Å². The second-order valence-electron chi connectivity index (χ2n) is 5.02. The van der Waals surface area contributed by atoms with Gasteiger partial charge in [0.25, 0.3) is 0 Å². The van der Waals surface area contributed by atoms with E-state index < -0.39 is 0 Å². The first-order chi connectivity index (χ1) is 6.99. The average molecular weight is 215 g/mol. The number of hydrogen-bond acceptors (Lipinski definition) is 3. The molecule has 90 valence electrons.